The van der Waals surface area contributed by atoms with Gasteiger partial charge in [-0.3, -0.25) is 10.1 Å². The number of aryl methyl sites for hydroxylation is 1. The highest BCUT2D eigenvalue weighted by atomic mass is 16.2. The van der Waals surface area contributed by atoms with Gasteiger partial charge in [-0.2, -0.15) is 0 Å². The summed E-state index contributed by atoms with van der Waals surface area (Å²) in [5, 5.41) is 6.50. The Kier molecular flexibility index (Phi) is 4.77. The molecule has 0 bridgehead atoms. The molecule has 2 unspecified atom stereocenters. The van der Waals surface area contributed by atoms with Crippen LogP contribution in [0.15, 0.2) is 54.6 Å². The molecule has 2 atom stereocenters. The molecule has 0 saturated heterocycles. The van der Waals surface area contributed by atoms with Gasteiger partial charge < -0.3 is 5.32 Å². The van der Waals surface area contributed by atoms with Gasteiger partial charge in [-0.25, -0.2) is 0 Å². The molecule has 0 heterocycles. The maximum Gasteiger partial charge on any atom is 0.241 e. The zero-order chi connectivity index (χ0) is 16.2. The Labute approximate surface area is 138 Å². The molecule has 2 aromatic carbocycles. The van der Waals surface area contributed by atoms with E-state index in [4.69, 9.17) is 0 Å². The van der Waals surface area contributed by atoms with Crippen molar-refractivity contribution in [2.45, 2.75) is 38.8 Å². The first kappa shape index (κ1) is 15.8. The van der Waals surface area contributed by atoms with Gasteiger partial charge in [0.1, 0.15) is 0 Å². The van der Waals surface area contributed by atoms with Gasteiger partial charge in [0.05, 0.1) is 6.04 Å². The topological polar surface area (TPSA) is 41.1 Å². The Morgan fingerprint density at radius 2 is 1.70 bits per heavy atom. The highest BCUT2D eigenvalue weighted by molar-refractivity contribution is 5.94. The summed E-state index contributed by atoms with van der Waals surface area (Å²) in [5.41, 5.74) is 3.30. The lowest BCUT2D eigenvalue weighted by Crippen LogP contribution is -2.40. The molecule has 1 aliphatic carbocycles. The normalized spacial score (nSPS) is 16.6. The standard InChI is InChI=1S/C20H24N2O/c1-14-8-12-18(13-9-14)22-20(23)15(2)21-19(17-10-11-17)16-6-4-3-5-7-16/h3-9,12-13,15,17,19,21H,10-11H2,1-2H3,(H,22,23). The second-order valence-electron chi connectivity index (χ2n) is 6.47. The fourth-order valence-corrected chi connectivity index (χ4v) is 2.83. The Morgan fingerprint density at radius 3 is 2.30 bits per heavy atom. The van der Waals surface area contributed by atoms with Crippen LogP contribution in [0.3, 0.4) is 0 Å². The second-order valence-corrected chi connectivity index (χ2v) is 6.47. The summed E-state index contributed by atoms with van der Waals surface area (Å²) in [5.74, 6) is 0.655. The van der Waals surface area contributed by atoms with Gasteiger partial charge in [0.25, 0.3) is 0 Å². The monoisotopic (exact) mass is 308 g/mol. The first-order valence-electron chi connectivity index (χ1n) is 8.32. The highest BCUT2D eigenvalue weighted by Gasteiger charge is 2.33. The van der Waals surface area contributed by atoms with Crippen LogP contribution in [0.5, 0.6) is 0 Å². The number of rotatable bonds is 6. The van der Waals surface area contributed by atoms with E-state index < -0.39 is 0 Å². The van der Waals surface area contributed by atoms with Gasteiger partial charge in [-0.15, -0.1) is 0 Å². The molecule has 3 nitrogen and oxygen atoms in total. The van der Waals surface area contributed by atoms with Gasteiger partial charge >= 0.3 is 0 Å². The van der Waals surface area contributed by atoms with E-state index in [-0.39, 0.29) is 18.0 Å². The molecule has 120 valence electrons. The molecule has 1 fully saturated rings. The van der Waals surface area contributed by atoms with E-state index in [1.54, 1.807) is 0 Å². The Balaban J connectivity index is 1.63. The van der Waals surface area contributed by atoms with Crippen LogP contribution in [-0.2, 0) is 4.79 Å². The van der Waals surface area contributed by atoms with Crippen molar-refractivity contribution in [1.29, 1.82) is 0 Å². The van der Waals surface area contributed by atoms with E-state index in [2.05, 4.69) is 34.9 Å². The molecule has 3 rings (SSSR count). The Bertz CT molecular complexity index is 647. The number of benzene rings is 2. The van der Waals surface area contributed by atoms with Crippen molar-refractivity contribution in [2.24, 2.45) is 5.92 Å². The quantitative estimate of drug-likeness (QED) is 0.845. The molecule has 2 N–H and O–H groups in total. The lowest BCUT2D eigenvalue weighted by atomic mass is 10.0. The minimum absolute atomic E-state index is 0.00966. The third-order valence-corrected chi connectivity index (χ3v) is 4.39. The highest BCUT2D eigenvalue weighted by Crippen LogP contribution is 2.41. The molecule has 3 heteroatoms. The van der Waals surface area contributed by atoms with Gasteiger partial charge in [0.15, 0.2) is 0 Å². The Morgan fingerprint density at radius 1 is 1.04 bits per heavy atom. The third kappa shape index (κ3) is 4.20. The minimum Gasteiger partial charge on any atom is -0.325 e. The van der Waals surface area contributed by atoms with Gasteiger partial charge in [-0.05, 0) is 50.3 Å². The molecule has 0 aromatic heterocycles. The van der Waals surface area contributed by atoms with Crippen LogP contribution in [-0.4, -0.2) is 11.9 Å². The second kappa shape index (κ2) is 6.97. The van der Waals surface area contributed by atoms with Crippen LogP contribution in [0.1, 0.15) is 36.9 Å². The van der Waals surface area contributed by atoms with E-state index in [0.29, 0.717) is 5.92 Å². The summed E-state index contributed by atoms with van der Waals surface area (Å²) in [4.78, 5) is 12.4. The molecule has 23 heavy (non-hydrogen) atoms. The lowest BCUT2D eigenvalue weighted by Gasteiger charge is -2.23. The number of nitrogens with one attached hydrogen (secondary N) is 2. The van der Waals surface area contributed by atoms with Gasteiger partial charge in [0.2, 0.25) is 5.91 Å². The van der Waals surface area contributed by atoms with Crippen molar-refractivity contribution in [1.82, 2.24) is 5.32 Å². The molecular weight excluding hydrogens is 284 g/mol. The van der Waals surface area contributed by atoms with E-state index in [0.717, 1.165) is 5.69 Å². The summed E-state index contributed by atoms with van der Waals surface area (Å²) in [7, 11) is 0. The average Bonchev–Trinajstić information content (AvgIpc) is 3.40. The van der Waals surface area contributed by atoms with E-state index >= 15 is 0 Å². The van der Waals surface area contributed by atoms with Crippen LogP contribution < -0.4 is 10.6 Å². The van der Waals surface area contributed by atoms with Crippen molar-refractivity contribution in [3.63, 3.8) is 0 Å². The summed E-state index contributed by atoms with van der Waals surface area (Å²) in [6.07, 6.45) is 2.47. The Hall–Kier alpha value is -2.13. The van der Waals surface area contributed by atoms with Crippen molar-refractivity contribution >= 4 is 11.6 Å². The number of amides is 1. The van der Waals surface area contributed by atoms with Crippen LogP contribution in [0, 0.1) is 12.8 Å². The van der Waals surface area contributed by atoms with Crippen LogP contribution in [0.4, 0.5) is 5.69 Å². The van der Waals surface area contributed by atoms with E-state index in [1.165, 1.54) is 24.0 Å². The van der Waals surface area contributed by atoms with Gasteiger partial charge in [0, 0.05) is 11.7 Å². The van der Waals surface area contributed by atoms with E-state index in [9.17, 15) is 4.79 Å². The summed E-state index contributed by atoms with van der Waals surface area (Å²) in [6, 6.07) is 18.3. The number of hydrogen-bond acceptors (Lipinski definition) is 2. The SMILES string of the molecule is Cc1ccc(NC(=O)C(C)NC(c2ccccc2)C2CC2)cc1. The molecule has 2 aromatic rings. The first-order chi connectivity index (χ1) is 11.1. The third-order valence-electron chi connectivity index (χ3n) is 4.39. The molecule has 1 saturated carbocycles. The van der Waals surface area contributed by atoms with Crippen molar-refractivity contribution < 1.29 is 4.79 Å². The predicted octanol–water partition coefficient (Wildman–Crippen LogP) is 4.06. The smallest absolute Gasteiger partial charge is 0.241 e. The molecule has 1 aliphatic rings. The van der Waals surface area contributed by atoms with Crippen molar-refractivity contribution in [3.8, 4) is 0 Å². The predicted molar refractivity (Wildman–Crippen MR) is 94.3 cm³/mol. The number of anilines is 1. The fourth-order valence-electron chi connectivity index (χ4n) is 2.83. The van der Waals surface area contributed by atoms with Crippen LogP contribution in [0.25, 0.3) is 0 Å². The summed E-state index contributed by atoms with van der Waals surface area (Å²) < 4.78 is 0. The number of carbonyl (C=O) groups excluding carboxylic acids is 1. The largest absolute Gasteiger partial charge is 0.325 e. The average molecular weight is 308 g/mol. The fraction of sp³-hybridized carbons (Fsp3) is 0.350. The minimum atomic E-state index is -0.234. The maximum absolute atomic E-state index is 12.4. The zero-order valence-corrected chi connectivity index (χ0v) is 13.8. The lowest BCUT2D eigenvalue weighted by molar-refractivity contribution is -0.118. The molecule has 0 aliphatic heterocycles. The maximum atomic E-state index is 12.4. The van der Waals surface area contributed by atoms with Crippen LogP contribution in [0.2, 0.25) is 0 Å². The van der Waals surface area contributed by atoms with Crippen molar-refractivity contribution in [3.05, 3.63) is 65.7 Å². The number of carbonyl (C=O) groups is 1. The molecule has 1 amide bonds. The molecular formula is C20H24N2O. The van der Waals surface area contributed by atoms with Gasteiger partial charge in [-0.1, -0.05) is 48.0 Å². The van der Waals surface area contributed by atoms with E-state index in [1.807, 2.05) is 44.2 Å². The van der Waals surface area contributed by atoms with Crippen molar-refractivity contribution in [2.75, 3.05) is 5.32 Å². The summed E-state index contributed by atoms with van der Waals surface area (Å²) in [6.45, 7) is 3.97. The van der Waals surface area contributed by atoms with Crippen LogP contribution >= 0.6 is 0 Å². The first-order valence-corrected chi connectivity index (χ1v) is 8.32. The molecule has 0 radical (unpaired) electrons. The molecule has 0 spiro atoms. The zero-order valence-electron chi connectivity index (χ0n) is 13.8. The number of hydrogen-bond donors (Lipinski definition) is 2. The summed E-state index contributed by atoms with van der Waals surface area (Å²) >= 11 is 0.